The average Bonchev–Trinajstić information content (AvgIpc) is 3.11. The molecule has 3 atom stereocenters. The zero-order chi connectivity index (χ0) is 16.5. The van der Waals surface area contributed by atoms with Gasteiger partial charge in [-0.05, 0) is 0 Å². The van der Waals surface area contributed by atoms with E-state index in [1.807, 2.05) is 0 Å². The molecule has 0 bridgehead atoms. The van der Waals surface area contributed by atoms with Crippen LogP contribution in [-0.4, -0.2) is 0 Å². The normalized spacial score (nSPS) is 28.9. The molecule has 1 heteroatoms. The van der Waals surface area contributed by atoms with E-state index in [-0.39, 0.29) is 0 Å². The zero-order valence-corrected chi connectivity index (χ0v) is 17.2. The summed E-state index contributed by atoms with van der Waals surface area (Å²) in [7, 11) is 0. The summed E-state index contributed by atoms with van der Waals surface area (Å²) in [5, 5.41) is 0. The van der Waals surface area contributed by atoms with Gasteiger partial charge in [-0.15, -0.1) is 0 Å². The molecule has 1 heterocycles. The second-order valence-corrected chi connectivity index (χ2v) is 20.2. The molecule has 24 heavy (non-hydrogen) atoms. The fourth-order valence-electron chi connectivity index (χ4n) is 5.69. The molecular weight excluding hydrogens is 367 g/mol. The Bertz CT molecular complexity index is 900. The molecule has 2 aromatic rings. The van der Waals surface area contributed by atoms with E-state index in [2.05, 4.69) is 76.9 Å². The van der Waals surface area contributed by atoms with Gasteiger partial charge in [0, 0.05) is 0 Å². The fourth-order valence-corrected chi connectivity index (χ4v) is 17.6. The Hall–Kier alpha value is -1.20. The third kappa shape index (κ3) is 1.94. The van der Waals surface area contributed by atoms with Crippen LogP contribution in [0.2, 0.25) is 9.26 Å². The van der Waals surface area contributed by atoms with Crippen LogP contribution in [0.25, 0.3) is 12.2 Å². The Morgan fingerprint density at radius 3 is 2.08 bits per heavy atom. The predicted octanol–water partition coefficient (Wildman–Crippen LogP) is 6.55. The molecule has 2 aromatic carbocycles. The van der Waals surface area contributed by atoms with Crippen LogP contribution in [0, 0.1) is 5.92 Å². The minimum absolute atomic E-state index is 0.670. The molecule has 0 amide bonds. The maximum absolute atomic E-state index is 2.70. The van der Waals surface area contributed by atoms with Crippen LogP contribution in [0.5, 0.6) is 0 Å². The van der Waals surface area contributed by atoms with Crippen LogP contribution in [0.3, 0.4) is 0 Å². The zero-order valence-electron chi connectivity index (χ0n) is 14.7. The van der Waals surface area contributed by atoms with Gasteiger partial charge < -0.3 is 0 Å². The second kappa shape index (κ2) is 5.15. The van der Waals surface area contributed by atoms with Crippen molar-refractivity contribution in [2.24, 2.45) is 5.92 Å². The van der Waals surface area contributed by atoms with E-state index in [4.69, 9.17) is 0 Å². The first-order valence-corrected chi connectivity index (χ1v) is 16.9. The predicted molar refractivity (Wildman–Crippen MR) is 99.8 cm³/mol. The summed E-state index contributed by atoms with van der Waals surface area (Å²) in [4.78, 5) is 0. The summed E-state index contributed by atoms with van der Waals surface area (Å²) in [6, 6.07) is 18.3. The van der Waals surface area contributed by atoms with Crippen molar-refractivity contribution in [1.82, 2.24) is 0 Å². The standard InChI is InChI=1S/C21H18.2CH3.Zr/c1-15(21-13-19-8-4-5-9-20(19)14-21)10-16-11-17-6-2-3-7-18(17)12-16;;;/h2-9,11-15H,10H2,1H3;2*1H3;. The molecule has 5 rings (SSSR count). The van der Waals surface area contributed by atoms with Gasteiger partial charge in [-0.2, -0.15) is 0 Å². The number of rotatable bonds is 0. The van der Waals surface area contributed by atoms with Crippen LogP contribution >= 0.6 is 0 Å². The summed E-state index contributed by atoms with van der Waals surface area (Å²) in [6.07, 6.45) is 6.32. The minimum atomic E-state index is -2.49. The van der Waals surface area contributed by atoms with E-state index in [1.54, 1.807) is 22.3 Å². The Morgan fingerprint density at radius 2 is 1.38 bits per heavy atom. The van der Waals surface area contributed by atoms with E-state index >= 15 is 0 Å². The number of allylic oxidation sites excluding steroid dienone is 2. The van der Waals surface area contributed by atoms with E-state index in [0.29, 0.717) is 5.92 Å². The van der Waals surface area contributed by atoms with Gasteiger partial charge in [-0.3, -0.25) is 0 Å². The number of hydrogen-bond donors (Lipinski definition) is 0. The molecule has 2 aliphatic carbocycles. The van der Waals surface area contributed by atoms with Crippen LogP contribution in [0.15, 0.2) is 59.7 Å². The van der Waals surface area contributed by atoms with Crippen molar-refractivity contribution in [3.63, 3.8) is 0 Å². The summed E-state index contributed by atoms with van der Waals surface area (Å²) in [5.41, 5.74) is 9.72. The molecule has 3 aliphatic rings. The van der Waals surface area contributed by atoms with Gasteiger partial charge in [0.1, 0.15) is 0 Å². The van der Waals surface area contributed by atoms with Crippen LogP contribution in [-0.2, 0) is 20.3 Å². The van der Waals surface area contributed by atoms with Crippen LogP contribution in [0.4, 0.5) is 0 Å². The Kier molecular flexibility index (Phi) is 3.24. The van der Waals surface area contributed by atoms with Crippen molar-refractivity contribution >= 4 is 12.2 Å². The molecule has 0 N–H and O–H groups in total. The Morgan fingerprint density at radius 1 is 0.792 bits per heavy atom. The van der Waals surface area contributed by atoms with Crippen molar-refractivity contribution in [1.29, 1.82) is 0 Å². The van der Waals surface area contributed by atoms with E-state index in [9.17, 15) is 0 Å². The molecule has 0 spiro atoms. The summed E-state index contributed by atoms with van der Waals surface area (Å²) < 4.78 is 6.90. The van der Waals surface area contributed by atoms with Crippen molar-refractivity contribution < 1.29 is 20.3 Å². The first-order chi connectivity index (χ1) is 11.6. The molecule has 1 aliphatic heterocycles. The molecule has 0 radical (unpaired) electrons. The number of benzene rings is 2. The topological polar surface area (TPSA) is 0 Å². The number of fused-ring (bicyclic) bond motifs is 6. The fraction of sp³-hybridized carbons (Fsp3) is 0.304. The van der Waals surface area contributed by atoms with Gasteiger partial charge in [0.05, 0.1) is 0 Å². The summed E-state index contributed by atoms with van der Waals surface area (Å²) in [6.45, 7) is 2.46. The molecular formula is C23H24Zr. The molecule has 1 saturated heterocycles. The first kappa shape index (κ1) is 15.1. The van der Waals surface area contributed by atoms with Crippen molar-refractivity contribution in [3.8, 4) is 0 Å². The SMILES string of the molecule is CC1CC2=Cc3ccccc3[CH]2[Zr]([CH3])([CH3])[CH]2C1=Cc1ccccc12. The molecule has 3 unspecified atom stereocenters. The van der Waals surface area contributed by atoms with Crippen molar-refractivity contribution in [2.75, 3.05) is 0 Å². The quantitative estimate of drug-likeness (QED) is 0.477. The van der Waals surface area contributed by atoms with Gasteiger partial charge in [-0.25, -0.2) is 0 Å². The number of hydrogen-bond acceptors (Lipinski definition) is 0. The van der Waals surface area contributed by atoms with Crippen molar-refractivity contribution in [2.45, 2.75) is 29.9 Å². The van der Waals surface area contributed by atoms with Gasteiger partial charge >= 0.3 is 150 Å². The van der Waals surface area contributed by atoms with Gasteiger partial charge in [0.25, 0.3) is 0 Å². The summed E-state index contributed by atoms with van der Waals surface area (Å²) in [5.74, 6) is 0.670. The maximum atomic E-state index is 2.70. The van der Waals surface area contributed by atoms with E-state index < -0.39 is 20.3 Å². The monoisotopic (exact) mass is 390 g/mol. The van der Waals surface area contributed by atoms with Gasteiger partial charge in [-0.1, -0.05) is 0 Å². The Balaban J connectivity index is 1.74. The van der Waals surface area contributed by atoms with Gasteiger partial charge in [0.15, 0.2) is 0 Å². The van der Waals surface area contributed by atoms with Gasteiger partial charge in [0.2, 0.25) is 0 Å². The van der Waals surface area contributed by atoms with E-state index in [1.165, 1.54) is 17.5 Å². The third-order valence-electron chi connectivity index (χ3n) is 6.58. The van der Waals surface area contributed by atoms with Crippen molar-refractivity contribution in [3.05, 3.63) is 81.9 Å². The van der Waals surface area contributed by atoms with E-state index in [0.717, 1.165) is 7.25 Å². The van der Waals surface area contributed by atoms with Crippen LogP contribution < -0.4 is 0 Å². The summed E-state index contributed by atoms with van der Waals surface area (Å²) >= 11 is -2.49. The molecule has 0 nitrogen and oxygen atoms in total. The average molecular weight is 392 g/mol. The molecule has 120 valence electrons. The molecule has 0 aromatic heterocycles. The molecule has 0 saturated carbocycles. The van der Waals surface area contributed by atoms with Crippen LogP contribution in [0.1, 0.15) is 42.8 Å². The first-order valence-electron chi connectivity index (χ1n) is 9.17. The molecule has 1 fully saturated rings. The second-order valence-electron chi connectivity index (χ2n) is 8.41. The Labute approximate surface area is 149 Å². The third-order valence-corrected chi connectivity index (χ3v) is 17.2.